The topological polar surface area (TPSA) is 93.1 Å². The highest BCUT2D eigenvalue weighted by atomic mass is 19.1. The van der Waals surface area contributed by atoms with E-state index in [1.54, 1.807) is 4.90 Å². The number of pyridine rings is 1. The molecule has 4 heterocycles. The molecule has 1 N–H and O–H groups in total. The number of hydrogen-bond acceptors (Lipinski definition) is 9. The summed E-state index contributed by atoms with van der Waals surface area (Å²) in [7, 11) is 4.95. The van der Waals surface area contributed by atoms with Crippen molar-refractivity contribution < 1.29 is 32.5 Å². The van der Waals surface area contributed by atoms with Crippen LogP contribution in [0.25, 0.3) is 32.9 Å². The van der Waals surface area contributed by atoms with E-state index in [1.807, 2.05) is 0 Å². The minimum atomic E-state index is -1.31. The highest BCUT2D eigenvalue weighted by molar-refractivity contribution is 6.04. The minimum absolute atomic E-state index is 0.0374. The molecule has 3 aliphatic rings. The molecular weight excluding hydrogens is 647 g/mol. The number of phenolic OH excluding ortho intramolecular Hbond substituents is 1. The normalized spacial score (nSPS) is 23.9. The molecule has 2 saturated heterocycles. The first-order valence-corrected chi connectivity index (χ1v) is 16.9. The molecule has 50 heavy (non-hydrogen) atoms. The number of rotatable bonds is 8. The van der Waals surface area contributed by atoms with E-state index in [-0.39, 0.29) is 68.5 Å². The lowest BCUT2D eigenvalue weighted by Gasteiger charge is -2.44. The number of likely N-dealkylation sites (tertiary alicyclic amines) is 1. The van der Waals surface area contributed by atoms with E-state index >= 15 is 4.39 Å². The summed E-state index contributed by atoms with van der Waals surface area (Å²) < 4.78 is 65.0. The molecule has 1 aliphatic carbocycles. The standard InChI is InChI=1S/C38H40F3N5O4/c1-6-25-27(40)12-11-23-18-24(47)19-26(29(23)25)32-31(41)33-30(35(42-32)48-4)34(46-17-9-15-38(20-46,49-5)22(2)39)44-36(43-33)50-21-37-13-7-10-28(37)45(3)16-8-14-37/h1,11-12,18-19,28,47H,2,7-10,13-17,20-21H2,3-5H3. The van der Waals surface area contributed by atoms with Crippen LogP contribution in [0.4, 0.5) is 19.0 Å². The van der Waals surface area contributed by atoms with Crippen LogP contribution in [-0.4, -0.2) is 84.1 Å². The molecule has 2 aliphatic heterocycles. The molecule has 3 unspecified atom stereocenters. The third kappa shape index (κ3) is 5.47. The second-order valence-electron chi connectivity index (χ2n) is 13.8. The van der Waals surface area contributed by atoms with Crippen molar-refractivity contribution in [3.63, 3.8) is 0 Å². The van der Waals surface area contributed by atoms with Crippen molar-refractivity contribution in [2.45, 2.75) is 56.6 Å². The van der Waals surface area contributed by atoms with Crippen LogP contribution in [0.2, 0.25) is 0 Å². The molecular formula is C38H40F3N5O4. The Labute approximate surface area is 289 Å². The van der Waals surface area contributed by atoms with Crippen LogP contribution in [0.3, 0.4) is 0 Å². The van der Waals surface area contributed by atoms with Gasteiger partial charge in [0.05, 0.1) is 25.8 Å². The van der Waals surface area contributed by atoms with Crippen molar-refractivity contribution >= 4 is 27.5 Å². The van der Waals surface area contributed by atoms with Gasteiger partial charge < -0.3 is 29.1 Å². The molecule has 7 rings (SSSR count). The average molecular weight is 688 g/mol. The second-order valence-corrected chi connectivity index (χ2v) is 13.8. The number of hydrogen-bond donors (Lipinski definition) is 1. The lowest BCUT2D eigenvalue weighted by Crippen LogP contribution is -2.50. The van der Waals surface area contributed by atoms with Crippen LogP contribution in [0.15, 0.2) is 36.7 Å². The minimum Gasteiger partial charge on any atom is -0.508 e. The van der Waals surface area contributed by atoms with E-state index in [2.05, 4.69) is 34.4 Å². The van der Waals surface area contributed by atoms with Gasteiger partial charge in [-0.25, -0.2) is 18.2 Å². The summed E-state index contributed by atoms with van der Waals surface area (Å²) in [6.45, 7) is 5.40. The average Bonchev–Trinajstić information content (AvgIpc) is 3.56. The quantitative estimate of drug-likeness (QED) is 0.198. The fraction of sp³-hybridized carbons (Fsp3) is 0.447. The summed E-state index contributed by atoms with van der Waals surface area (Å²) in [5, 5.41) is 11.4. The first kappa shape index (κ1) is 33.9. The van der Waals surface area contributed by atoms with Crippen molar-refractivity contribution in [3.8, 4) is 41.2 Å². The highest BCUT2D eigenvalue weighted by Gasteiger charge is 2.47. The fourth-order valence-corrected chi connectivity index (χ4v) is 8.56. The van der Waals surface area contributed by atoms with Gasteiger partial charge in [-0.15, -0.1) is 6.42 Å². The van der Waals surface area contributed by atoms with Crippen LogP contribution < -0.4 is 14.4 Å². The van der Waals surface area contributed by atoms with E-state index in [1.165, 1.54) is 38.5 Å². The van der Waals surface area contributed by atoms with E-state index in [4.69, 9.17) is 25.6 Å². The largest absolute Gasteiger partial charge is 0.508 e. The molecule has 2 aromatic heterocycles. The summed E-state index contributed by atoms with van der Waals surface area (Å²) in [6, 6.07) is 5.64. The predicted octanol–water partition coefficient (Wildman–Crippen LogP) is 6.93. The van der Waals surface area contributed by atoms with Gasteiger partial charge in [0.1, 0.15) is 45.4 Å². The Balaban J connectivity index is 1.44. The Hall–Kier alpha value is -4.60. The Kier molecular flexibility index (Phi) is 8.77. The smallest absolute Gasteiger partial charge is 0.319 e. The molecule has 1 saturated carbocycles. The van der Waals surface area contributed by atoms with Crippen molar-refractivity contribution in [2.24, 2.45) is 5.41 Å². The lowest BCUT2D eigenvalue weighted by atomic mass is 9.76. The molecule has 3 atom stereocenters. The van der Waals surface area contributed by atoms with Gasteiger partial charge in [-0.2, -0.15) is 9.97 Å². The maximum absolute atomic E-state index is 17.2. The summed E-state index contributed by atoms with van der Waals surface area (Å²) in [4.78, 5) is 18.2. The first-order chi connectivity index (χ1) is 24.0. The number of piperidine rings is 2. The Bertz CT molecular complexity index is 2050. The number of aromatic hydroxyl groups is 1. The maximum Gasteiger partial charge on any atom is 0.319 e. The molecule has 4 aromatic rings. The third-order valence-electron chi connectivity index (χ3n) is 11.1. The molecule has 9 nitrogen and oxygen atoms in total. The van der Waals surface area contributed by atoms with E-state index in [9.17, 15) is 13.9 Å². The molecule has 262 valence electrons. The zero-order valence-electron chi connectivity index (χ0n) is 28.5. The molecule has 0 spiro atoms. The SMILES string of the molecule is C#Cc1c(F)ccc2cc(O)cc(-c3nc(OC)c4c(N5CCCC(OC)(C(=C)F)C5)nc(OCC56CCCC5N(C)CCC6)nc4c3F)c12. The summed E-state index contributed by atoms with van der Waals surface area (Å²) in [6.07, 6.45) is 11.8. The lowest BCUT2D eigenvalue weighted by molar-refractivity contribution is -0.00616. The van der Waals surface area contributed by atoms with Gasteiger partial charge in [-0.3, -0.25) is 0 Å². The van der Waals surface area contributed by atoms with Crippen molar-refractivity contribution in [1.29, 1.82) is 0 Å². The van der Waals surface area contributed by atoms with Gasteiger partial charge in [0, 0.05) is 36.1 Å². The van der Waals surface area contributed by atoms with Crippen LogP contribution in [0, 0.1) is 29.4 Å². The molecule has 3 fully saturated rings. The van der Waals surface area contributed by atoms with Gasteiger partial charge in [0.2, 0.25) is 5.88 Å². The monoisotopic (exact) mass is 687 g/mol. The maximum atomic E-state index is 17.2. The van der Waals surface area contributed by atoms with Crippen LogP contribution in [-0.2, 0) is 4.74 Å². The molecule has 2 aromatic carbocycles. The summed E-state index contributed by atoms with van der Waals surface area (Å²) in [5.41, 5.74) is -1.90. The van der Waals surface area contributed by atoms with Crippen LogP contribution in [0.5, 0.6) is 17.6 Å². The predicted molar refractivity (Wildman–Crippen MR) is 185 cm³/mol. The summed E-state index contributed by atoms with van der Waals surface area (Å²) in [5.74, 6) is 0.169. The number of anilines is 1. The second kappa shape index (κ2) is 12.9. The van der Waals surface area contributed by atoms with E-state index in [0.29, 0.717) is 37.4 Å². The third-order valence-corrected chi connectivity index (χ3v) is 11.1. The summed E-state index contributed by atoms with van der Waals surface area (Å²) >= 11 is 0. The highest BCUT2D eigenvalue weighted by Crippen LogP contribution is 2.48. The zero-order valence-corrected chi connectivity index (χ0v) is 28.5. The van der Waals surface area contributed by atoms with Gasteiger partial charge in [0.25, 0.3) is 0 Å². The molecule has 12 heteroatoms. The van der Waals surface area contributed by atoms with Crippen LogP contribution >= 0.6 is 0 Å². The van der Waals surface area contributed by atoms with Crippen molar-refractivity contribution in [1.82, 2.24) is 19.9 Å². The van der Waals surface area contributed by atoms with Gasteiger partial charge in [-0.05, 0) is 75.7 Å². The first-order valence-electron chi connectivity index (χ1n) is 16.9. The zero-order chi connectivity index (χ0) is 35.4. The van der Waals surface area contributed by atoms with Gasteiger partial charge >= 0.3 is 6.01 Å². The number of phenols is 1. The van der Waals surface area contributed by atoms with Crippen LogP contribution in [0.1, 0.15) is 50.5 Å². The molecule has 0 radical (unpaired) electrons. The Morgan fingerprint density at radius 2 is 1.86 bits per heavy atom. The van der Waals surface area contributed by atoms with E-state index in [0.717, 1.165) is 38.6 Å². The number of aromatic nitrogens is 3. The van der Waals surface area contributed by atoms with Gasteiger partial charge in [-0.1, -0.05) is 25.0 Å². The molecule has 0 bridgehead atoms. The number of terminal acetylenes is 1. The Morgan fingerprint density at radius 3 is 2.60 bits per heavy atom. The van der Waals surface area contributed by atoms with Crippen molar-refractivity contribution in [2.75, 3.05) is 52.4 Å². The Morgan fingerprint density at radius 1 is 1.08 bits per heavy atom. The van der Waals surface area contributed by atoms with Crippen molar-refractivity contribution in [3.05, 3.63) is 53.9 Å². The fourth-order valence-electron chi connectivity index (χ4n) is 8.56. The number of halogens is 3. The number of fused-ring (bicyclic) bond motifs is 3. The van der Waals surface area contributed by atoms with Gasteiger partial charge in [0.15, 0.2) is 5.82 Å². The number of benzene rings is 2. The van der Waals surface area contributed by atoms with E-state index < -0.39 is 23.1 Å². The number of nitrogens with zero attached hydrogens (tertiary/aromatic N) is 5. The molecule has 0 amide bonds. The number of ether oxygens (including phenoxy) is 3. The number of methoxy groups -OCH3 is 2.